The SMILES string of the molecule is N#Cc1ccc(CNC(=O)c2cncc(-c3ccccc3Cl)c2)c(Cl)c1. The van der Waals surface area contributed by atoms with Crippen molar-refractivity contribution in [2.45, 2.75) is 6.54 Å². The zero-order valence-corrected chi connectivity index (χ0v) is 15.1. The van der Waals surface area contributed by atoms with E-state index in [0.29, 0.717) is 21.2 Å². The number of carbonyl (C=O) groups is 1. The number of pyridine rings is 1. The van der Waals surface area contributed by atoms with Crippen molar-refractivity contribution < 1.29 is 4.79 Å². The summed E-state index contributed by atoms with van der Waals surface area (Å²) in [5, 5.41) is 12.7. The molecule has 0 radical (unpaired) electrons. The summed E-state index contributed by atoms with van der Waals surface area (Å²) in [5.74, 6) is -0.271. The van der Waals surface area contributed by atoms with Gasteiger partial charge < -0.3 is 5.32 Å². The molecule has 3 aromatic rings. The molecule has 0 atom stereocenters. The molecular weight excluding hydrogens is 369 g/mol. The molecule has 0 bridgehead atoms. The third-order valence-electron chi connectivity index (χ3n) is 3.81. The second-order valence-electron chi connectivity index (χ2n) is 5.54. The van der Waals surface area contributed by atoms with Gasteiger partial charge in [0.15, 0.2) is 0 Å². The van der Waals surface area contributed by atoms with Crippen molar-refractivity contribution in [3.8, 4) is 17.2 Å². The molecule has 0 unspecified atom stereocenters. The molecule has 1 amide bonds. The second-order valence-corrected chi connectivity index (χ2v) is 6.36. The Labute approximate surface area is 161 Å². The molecule has 0 saturated heterocycles. The van der Waals surface area contributed by atoms with Crippen LogP contribution in [0.2, 0.25) is 10.0 Å². The first-order valence-electron chi connectivity index (χ1n) is 7.75. The minimum Gasteiger partial charge on any atom is -0.348 e. The van der Waals surface area contributed by atoms with E-state index in [-0.39, 0.29) is 12.5 Å². The monoisotopic (exact) mass is 381 g/mol. The standard InChI is InChI=1S/C20H13Cl2N3O/c21-18-4-2-1-3-17(18)15-8-16(11-24-10-15)20(26)25-12-14-6-5-13(9-23)7-19(14)22/h1-8,10-11H,12H2,(H,25,26). The predicted molar refractivity (Wildman–Crippen MR) is 102 cm³/mol. The van der Waals surface area contributed by atoms with Gasteiger partial charge in [0.25, 0.3) is 5.91 Å². The molecule has 26 heavy (non-hydrogen) atoms. The normalized spacial score (nSPS) is 10.2. The van der Waals surface area contributed by atoms with Crippen LogP contribution in [0, 0.1) is 11.3 Å². The molecule has 0 aliphatic carbocycles. The fraction of sp³-hybridized carbons (Fsp3) is 0.0500. The molecule has 0 spiro atoms. The lowest BCUT2D eigenvalue weighted by atomic mass is 10.1. The van der Waals surface area contributed by atoms with Crippen LogP contribution in [0.4, 0.5) is 0 Å². The Morgan fingerprint density at radius 1 is 1.08 bits per heavy atom. The highest BCUT2D eigenvalue weighted by atomic mass is 35.5. The van der Waals surface area contributed by atoms with Crippen molar-refractivity contribution in [2.75, 3.05) is 0 Å². The van der Waals surface area contributed by atoms with Crippen molar-refractivity contribution in [3.63, 3.8) is 0 Å². The van der Waals surface area contributed by atoms with E-state index in [4.69, 9.17) is 28.5 Å². The molecule has 0 aliphatic rings. The summed E-state index contributed by atoms with van der Waals surface area (Å²) in [6.45, 7) is 0.250. The van der Waals surface area contributed by atoms with E-state index in [1.54, 1.807) is 36.5 Å². The number of halogens is 2. The highest BCUT2D eigenvalue weighted by Gasteiger charge is 2.10. The zero-order valence-electron chi connectivity index (χ0n) is 13.5. The number of hydrogen-bond donors (Lipinski definition) is 1. The van der Waals surface area contributed by atoms with Crippen LogP contribution in [0.5, 0.6) is 0 Å². The maximum absolute atomic E-state index is 12.4. The summed E-state index contributed by atoms with van der Waals surface area (Å²) >= 11 is 12.3. The number of aromatic nitrogens is 1. The number of nitrogens with zero attached hydrogens (tertiary/aromatic N) is 2. The van der Waals surface area contributed by atoms with Gasteiger partial charge in [0.1, 0.15) is 0 Å². The van der Waals surface area contributed by atoms with Crippen LogP contribution in [0.15, 0.2) is 60.9 Å². The Kier molecular flexibility index (Phi) is 5.52. The summed E-state index contributed by atoms with van der Waals surface area (Å²) < 4.78 is 0. The Bertz CT molecular complexity index is 1010. The fourth-order valence-corrected chi connectivity index (χ4v) is 2.94. The van der Waals surface area contributed by atoms with E-state index in [2.05, 4.69) is 10.3 Å². The Morgan fingerprint density at radius 3 is 2.62 bits per heavy atom. The molecule has 6 heteroatoms. The van der Waals surface area contributed by atoms with Crippen LogP contribution in [0.25, 0.3) is 11.1 Å². The number of benzene rings is 2. The van der Waals surface area contributed by atoms with Gasteiger partial charge in [0.05, 0.1) is 17.2 Å². The summed E-state index contributed by atoms with van der Waals surface area (Å²) in [6, 6.07) is 16.1. The third kappa shape index (κ3) is 4.02. The van der Waals surface area contributed by atoms with Crippen LogP contribution < -0.4 is 5.32 Å². The smallest absolute Gasteiger partial charge is 0.253 e. The number of amides is 1. The number of nitrogens with one attached hydrogen (secondary N) is 1. The summed E-state index contributed by atoms with van der Waals surface area (Å²) in [5.41, 5.74) is 3.20. The summed E-state index contributed by atoms with van der Waals surface area (Å²) in [4.78, 5) is 16.6. The Morgan fingerprint density at radius 2 is 1.88 bits per heavy atom. The van der Waals surface area contributed by atoms with E-state index >= 15 is 0 Å². The predicted octanol–water partition coefficient (Wildman–Crippen LogP) is 4.86. The van der Waals surface area contributed by atoms with Gasteiger partial charge in [-0.3, -0.25) is 9.78 Å². The van der Waals surface area contributed by atoms with Crippen LogP contribution >= 0.6 is 23.2 Å². The zero-order chi connectivity index (χ0) is 18.5. The van der Waals surface area contributed by atoms with Gasteiger partial charge in [-0.05, 0) is 29.8 Å². The van der Waals surface area contributed by atoms with Gasteiger partial charge in [-0.25, -0.2) is 0 Å². The van der Waals surface area contributed by atoms with Gasteiger partial charge in [-0.1, -0.05) is 47.5 Å². The molecule has 1 heterocycles. The van der Waals surface area contributed by atoms with Gasteiger partial charge in [0, 0.05) is 40.1 Å². The lowest BCUT2D eigenvalue weighted by Crippen LogP contribution is -2.23. The van der Waals surface area contributed by atoms with E-state index in [1.807, 2.05) is 24.3 Å². The maximum Gasteiger partial charge on any atom is 0.253 e. The number of hydrogen-bond acceptors (Lipinski definition) is 3. The lowest BCUT2D eigenvalue weighted by molar-refractivity contribution is 0.0950. The minimum absolute atomic E-state index is 0.250. The molecule has 3 rings (SSSR count). The average Bonchev–Trinajstić information content (AvgIpc) is 2.67. The number of carbonyl (C=O) groups excluding carboxylic acids is 1. The first kappa shape index (κ1) is 17.9. The molecule has 4 nitrogen and oxygen atoms in total. The maximum atomic E-state index is 12.4. The van der Waals surface area contributed by atoms with Crippen LogP contribution in [0.1, 0.15) is 21.5 Å². The summed E-state index contributed by atoms with van der Waals surface area (Å²) in [6.07, 6.45) is 3.16. The summed E-state index contributed by atoms with van der Waals surface area (Å²) in [7, 11) is 0. The first-order chi connectivity index (χ1) is 12.6. The van der Waals surface area contributed by atoms with E-state index in [9.17, 15) is 4.79 Å². The average molecular weight is 382 g/mol. The van der Waals surface area contributed by atoms with Crippen molar-refractivity contribution in [1.82, 2.24) is 10.3 Å². The van der Waals surface area contributed by atoms with E-state index in [1.165, 1.54) is 6.20 Å². The van der Waals surface area contributed by atoms with Crippen molar-refractivity contribution in [1.29, 1.82) is 5.26 Å². The fourth-order valence-electron chi connectivity index (χ4n) is 2.44. The van der Waals surface area contributed by atoms with E-state index in [0.717, 1.165) is 16.7 Å². The van der Waals surface area contributed by atoms with Crippen LogP contribution in [0.3, 0.4) is 0 Å². The molecule has 1 N–H and O–H groups in total. The largest absolute Gasteiger partial charge is 0.348 e. The Balaban J connectivity index is 1.76. The van der Waals surface area contributed by atoms with Crippen LogP contribution in [-0.2, 0) is 6.54 Å². The second kappa shape index (κ2) is 8.01. The highest BCUT2D eigenvalue weighted by Crippen LogP contribution is 2.27. The quantitative estimate of drug-likeness (QED) is 0.701. The molecule has 0 aliphatic heterocycles. The minimum atomic E-state index is -0.271. The number of rotatable bonds is 4. The van der Waals surface area contributed by atoms with Gasteiger partial charge in [0.2, 0.25) is 0 Å². The Hall–Kier alpha value is -2.87. The number of nitriles is 1. The molecule has 128 valence electrons. The molecule has 0 fully saturated rings. The molecule has 1 aromatic heterocycles. The lowest BCUT2D eigenvalue weighted by Gasteiger charge is -2.09. The van der Waals surface area contributed by atoms with Gasteiger partial charge in [-0.2, -0.15) is 5.26 Å². The first-order valence-corrected chi connectivity index (χ1v) is 8.51. The molecule has 0 saturated carbocycles. The van der Waals surface area contributed by atoms with E-state index < -0.39 is 0 Å². The van der Waals surface area contributed by atoms with Crippen LogP contribution in [-0.4, -0.2) is 10.9 Å². The topological polar surface area (TPSA) is 65.8 Å². The van der Waals surface area contributed by atoms with Crippen molar-refractivity contribution in [3.05, 3.63) is 87.7 Å². The third-order valence-corrected chi connectivity index (χ3v) is 4.49. The molecular formula is C20H13Cl2N3O. The van der Waals surface area contributed by atoms with Gasteiger partial charge in [-0.15, -0.1) is 0 Å². The van der Waals surface area contributed by atoms with Crippen molar-refractivity contribution >= 4 is 29.1 Å². The van der Waals surface area contributed by atoms with Crippen molar-refractivity contribution in [2.24, 2.45) is 0 Å². The molecule has 2 aromatic carbocycles. The highest BCUT2D eigenvalue weighted by molar-refractivity contribution is 6.33. The van der Waals surface area contributed by atoms with Gasteiger partial charge >= 0.3 is 0 Å².